The molecule has 1 aromatic carbocycles. The van der Waals surface area contributed by atoms with Gasteiger partial charge < -0.3 is 10.4 Å². The van der Waals surface area contributed by atoms with Gasteiger partial charge in [0.15, 0.2) is 0 Å². The second kappa shape index (κ2) is 5.65. The first-order chi connectivity index (χ1) is 8.21. The molecule has 17 heavy (non-hydrogen) atoms. The Morgan fingerprint density at radius 3 is 2.82 bits per heavy atom. The molecule has 0 spiro atoms. The average Bonchev–Trinajstić information content (AvgIpc) is 2.35. The van der Waals surface area contributed by atoms with Crippen molar-refractivity contribution in [3.8, 4) is 0 Å². The van der Waals surface area contributed by atoms with Crippen LogP contribution in [0.5, 0.6) is 0 Å². The van der Waals surface area contributed by atoms with E-state index in [1.807, 2.05) is 6.07 Å². The molecule has 1 fully saturated rings. The molecule has 2 atom stereocenters. The van der Waals surface area contributed by atoms with E-state index in [4.69, 9.17) is 0 Å². The van der Waals surface area contributed by atoms with Crippen molar-refractivity contribution in [2.75, 3.05) is 13.1 Å². The normalized spacial score (nSPS) is 29.2. The van der Waals surface area contributed by atoms with Crippen LogP contribution < -0.4 is 5.32 Å². The summed E-state index contributed by atoms with van der Waals surface area (Å²) in [5.74, 6) is 0.368. The highest BCUT2D eigenvalue weighted by atomic mass is 16.3. The number of hydrogen-bond donors (Lipinski definition) is 2. The summed E-state index contributed by atoms with van der Waals surface area (Å²) < 4.78 is 0. The van der Waals surface area contributed by atoms with Gasteiger partial charge in [0.25, 0.3) is 0 Å². The molecule has 0 radical (unpaired) electrons. The third-order valence-corrected chi connectivity index (χ3v) is 4.02. The molecule has 1 aliphatic rings. The van der Waals surface area contributed by atoms with Crippen LogP contribution in [0.15, 0.2) is 30.3 Å². The molecule has 0 saturated carbocycles. The summed E-state index contributed by atoms with van der Waals surface area (Å²) in [5, 5.41) is 13.9. The molecule has 1 aromatic rings. The van der Waals surface area contributed by atoms with Gasteiger partial charge in [-0.2, -0.15) is 0 Å². The van der Waals surface area contributed by atoms with Crippen LogP contribution in [0, 0.1) is 5.92 Å². The van der Waals surface area contributed by atoms with Crippen LogP contribution in [0.4, 0.5) is 0 Å². The van der Waals surface area contributed by atoms with Crippen molar-refractivity contribution in [1.82, 2.24) is 5.32 Å². The molecule has 2 nitrogen and oxygen atoms in total. The Morgan fingerprint density at radius 2 is 2.12 bits per heavy atom. The monoisotopic (exact) mass is 233 g/mol. The molecule has 2 heteroatoms. The predicted octanol–water partition coefficient (Wildman–Crippen LogP) is 2.37. The van der Waals surface area contributed by atoms with Gasteiger partial charge in [-0.25, -0.2) is 0 Å². The third-order valence-electron chi connectivity index (χ3n) is 4.02. The summed E-state index contributed by atoms with van der Waals surface area (Å²) in [6.45, 7) is 4.04. The summed E-state index contributed by atoms with van der Waals surface area (Å²) in [5.41, 5.74) is 0.928. The fraction of sp³-hybridized carbons (Fsp3) is 0.600. The number of hydrogen-bond acceptors (Lipinski definition) is 2. The van der Waals surface area contributed by atoms with E-state index >= 15 is 0 Å². The summed E-state index contributed by atoms with van der Waals surface area (Å²) in [6, 6.07) is 10.5. The Morgan fingerprint density at radius 1 is 1.35 bits per heavy atom. The summed E-state index contributed by atoms with van der Waals surface area (Å²) in [4.78, 5) is 0. The van der Waals surface area contributed by atoms with Gasteiger partial charge in [-0.15, -0.1) is 0 Å². The summed E-state index contributed by atoms with van der Waals surface area (Å²) in [6.07, 6.45) is 3.96. The molecular formula is C15H23NO. The highest BCUT2D eigenvalue weighted by Gasteiger charge is 2.35. The lowest BCUT2D eigenvalue weighted by Crippen LogP contribution is -2.48. The molecule has 2 rings (SSSR count). The van der Waals surface area contributed by atoms with Crippen molar-refractivity contribution < 1.29 is 5.11 Å². The van der Waals surface area contributed by atoms with E-state index in [9.17, 15) is 5.11 Å². The van der Waals surface area contributed by atoms with Crippen molar-refractivity contribution in [2.45, 2.75) is 38.2 Å². The molecule has 0 amide bonds. The average molecular weight is 233 g/mol. The van der Waals surface area contributed by atoms with Gasteiger partial charge in [0.05, 0.1) is 5.60 Å². The molecule has 0 bridgehead atoms. The minimum absolute atomic E-state index is 0.368. The second-order valence-corrected chi connectivity index (χ2v) is 5.30. The fourth-order valence-electron chi connectivity index (χ4n) is 2.67. The number of aliphatic hydroxyl groups is 1. The van der Waals surface area contributed by atoms with Crippen LogP contribution in [0.1, 0.15) is 31.7 Å². The largest absolute Gasteiger partial charge is 0.390 e. The lowest BCUT2D eigenvalue weighted by Gasteiger charge is -2.38. The van der Waals surface area contributed by atoms with Crippen LogP contribution >= 0.6 is 0 Å². The maximum atomic E-state index is 10.6. The van der Waals surface area contributed by atoms with E-state index in [0.717, 1.165) is 38.8 Å². The molecule has 1 aliphatic heterocycles. The Hall–Kier alpha value is -0.860. The number of rotatable bonds is 4. The third kappa shape index (κ3) is 3.30. The quantitative estimate of drug-likeness (QED) is 0.837. The highest BCUT2D eigenvalue weighted by molar-refractivity contribution is 5.14. The van der Waals surface area contributed by atoms with Gasteiger partial charge in [0.2, 0.25) is 0 Å². The van der Waals surface area contributed by atoms with E-state index in [-0.39, 0.29) is 0 Å². The Labute approximate surface area is 104 Å². The standard InChI is InChI=1S/C15H23NO/c1-13-12-16-11-10-15(13,17)9-5-8-14-6-3-2-4-7-14/h2-4,6-7,13,16-17H,5,8-12H2,1H3. The molecule has 1 saturated heterocycles. The molecule has 94 valence electrons. The van der Waals surface area contributed by atoms with E-state index in [0.29, 0.717) is 5.92 Å². The Balaban J connectivity index is 1.81. The maximum absolute atomic E-state index is 10.6. The summed E-state index contributed by atoms with van der Waals surface area (Å²) in [7, 11) is 0. The van der Waals surface area contributed by atoms with Crippen molar-refractivity contribution in [1.29, 1.82) is 0 Å². The first-order valence-electron chi connectivity index (χ1n) is 6.68. The van der Waals surface area contributed by atoms with Gasteiger partial charge in [-0.05, 0) is 43.7 Å². The van der Waals surface area contributed by atoms with E-state index in [2.05, 4.69) is 36.5 Å². The molecule has 0 aromatic heterocycles. The lowest BCUT2D eigenvalue weighted by molar-refractivity contribution is -0.0417. The van der Waals surface area contributed by atoms with Crippen LogP contribution in [0.2, 0.25) is 0 Å². The first kappa shape index (κ1) is 12.6. The van der Waals surface area contributed by atoms with Gasteiger partial charge in [0.1, 0.15) is 0 Å². The number of benzene rings is 1. The fourth-order valence-corrected chi connectivity index (χ4v) is 2.67. The van der Waals surface area contributed by atoms with Crippen LogP contribution in [-0.2, 0) is 6.42 Å². The Kier molecular flexibility index (Phi) is 4.19. The number of piperidine rings is 1. The van der Waals surface area contributed by atoms with E-state index in [1.165, 1.54) is 5.56 Å². The smallest absolute Gasteiger partial charge is 0.0697 e. The van der Waals surface area contributed by atoms with Gasteiger partial charge in [-0.1, -0.05) is 37.3 Å². The Bertz CT molecular complexity index is 338. The van der Waals surface area contributed by atoms with Crippen molar-refractivity contribution in [2.24, 2.45) is 5.92 Å². The molecule has 0 aliphatic carbocycles. The van der Waals surface area contributed by atoms with Gasteiger partial charge in [-0.3, -0.25) is 0 Å². The topological polar surface area (TPSA) is 32.3 Å². The van der Waals surface area contributed by atoms with Gasteiger partial charge >= 0.3 is 0 Å². The van der Waals surface area contributed by atoms with E-state index < -0.39 is 5.60 Å². The van der Waals surface area contributed by atoms with Crippen LogP contribution in [0.25, 0.3) is 0 Å². The van der Waals surface area contributed by atoms with Crippen molar-refractivity contribution in [3.63, 3.8) is 0 Å². The van der Waals surface area contributed by atoms with Crippen molar-refractivity contribution in [3.05, 3.63) is 35.9 Å². The second-order valence-electron chi connectivity index (χ2n) is 5.30. The van der Waals surface area contributed by atoms with E-state index in [1.54, 1.807) is 0 Å². The molecule has 2 N–H and O–H groups in total. The maximum Gasteiger partial charge on any atom is 0.0697 e. The molecule has 1 heterocycles. The minimum Gasteiger partial charge on any atom is -0.390 e. The molecular weight excluding hydrogens is 210 g/mol. The van der Waals surface area contributed by atoms with Crippen molar-refractivity contribution >= 4 is 0 Å². The van der Waals surface area contributed by atoms with Gasteiger partial charge in [0, 0.05) is 6.54 Å². The molecule has 2 unspecified atom stereocenters. The zero-order chi connectivity index (χ0) is 12.1. The summed E-state index contributed by atoms with van der Waals surface area (Å²) >= 11 is 0. The zero-order valence-electron chi connectivity index (χ0n) is 10.7. The first-order valence-corrected chi connectivity index (χ1v) is 6.68. The zero-order valence-corrected chi connectivity index (χ0v) is 10.7. The number of nitrogens with one attached hydrogen (secondary N) is 1. The number of aryl methyl sites for hydroxylation is 1. The van der Waals surface area contributed by atoms with Crippen LogP contribution in [-0.4, -0.2) is 23.8 Å². The minimum atomic E-state index is -0.444. The highest BCUT2D eigenvalue weighted by Crippen LogP contribution is 2.29. The van der Waals surface area contributed by atoms with Crippen LogP contribution in [0.3, 0.4) is 0 Å². The predicted molar refractivity (Wildman–Crippen MR) is 71.0 cm³/mol. The lowest BCUT2D eigenvalue weighted by atomic mass is 9.79. The SMILES string of the molecule is CC1CNCCC1(O)CCCc1ccccc1.